The highest BCUT2D eigenvalue weighted by Gasteiger charge is 2.28. The first-order chi connectivity index (χ1) is 11.9. The molecule has 0 aliphatic carbocycles. The number of guanidine groups is 1. The van der Waals surface area contributed by atoms with Crippen LogP contribution in [0.15, 0.2) is 35.3 Å². The molecule has 0 saturated carbocycles. The van der Waals surface area contributed by atoms with Gasteiger partial charge in [-0.05, 0) is 30.2 Å². The molecular formula is C18H30N4O2S. The highest BCUT2D eigenvalue weighted by molar-refractivity contribution is 7.88. The average molecular weight is 367 g/mol. The van der Waals surface area contributed by atoms with Gasteiger partial charge in [0.25, 0.3) is 0 Å². The smallest absolute Gasteiger partial charge is 0.208 e. The second-order valence-corrected chi connectivity index (χ2v) is 8.56. The molecule has 2 rings (SSSR count). The zero-order valence-corrected chi connectivity index (χ0v) is 16.2. The number of likely N-dealkylation sites (tertiary alicyclic amines) is 1. The van der Waals surface area contributed by atoms with E-state index in [2.05, 4.69) is 57.2 Å². The minimum atomic E-state index is -3.11. The van der Waals surface area contributed by atoms with Crippen molar-refractivity contribution in [2.45, 2.75) is 25.7 Å². The zero-order valence-electron chi connectivity index (χ0n) is 15.4. The van der Waals surface area contributed by atoms with Gasteiger partial charge in [-0.1, -0.05) is 37.3 Å². The van der Waals surface area contributed by atoms with Crippen LogP contribution in [0.25, 0.3) is 0 Å². The van der Waals surface area contributed by atoms with Gasteiger partial charge >= 0.3 is 0 Å². The van der Waals surface area contributed by atoms with Crippen molar-refractivity contribution >= 4 is 16.0 Å². The standard InChI is InChI=1S/C18H30N4O2S/c1-15-14-22(13-10-17(15)16-8-5-4-6-9-16)18(19-2)20-11-7-12-21-25(3,23)24/h4-6,8-9,15,17,21H,7,10-14H2,1-3H3,(H,19,20). The minimum absolute atomic E-state index is 0.440. The van der Waals surface area contributed by atoms with Gasteiger partial charge in [0.2, 0.25) is 10.0 Å². The SMILES string of the molecule is CN=C(NCCCNS(C)(=O)=O)N1CCC(c2ccccc2)C(C)C1. The quantitative estimate of drug-likeness (QED) is 0.456. The van der Waals surface area contributed by atoms with Gasteiger partial charge in [0.05, 0.1) is 6.26 Å². The minimum Gasteiger partial charge on any atom is -0.356 e. The molecule has 0 bridgehead atoms. The Hall–Kier alpha value is -1.60. The molecule has 25 heavy (non-hydrogen) atoms. The van der Waals surface area contributed by atoms with E-state index in [4.69, 9.17) is 0 Å². The number of hydrogen-bond donors (Lipinski definition) is 2. The number of benzene rings is 1. The molecule has 7 heteroatoms. The fourth-order valence-electron chi connectivity index (χ4n) is 3.41. The molecule has 2 N–H and O–H groups in total. The van der Waals surface area contributed by atoms with Crippen LogP contribution in [-0.2, 0) is 10.0 Å². The van der Waals surface area contributed by atoms with Gasteiger partial charge in [-0.15, -0.1) is 0 Å². The van der Waals surface area contributed by atoms with E-state index >= 15 is 0 Å². The third-order valence-corrected chi connectivity index (χ3v) is 5.37. The van der Waals surface area contributed by atoms with Gasteiger partial charge < -0.3 is 10.2 Å². The molecule has 0 aromatic heterocycles. The van der Waals surface area contributed by atoms with Crippen LogP contribution in [0.5, 0.6) is 0 Å². The van der Waals surface area contributed by atoms with E-state index < -0.39 is 10.0 Å². The normalized spacial score (nSPS) is 22.0. The van der Waals surface area contributed by atoms with Gasteiger partial charge in [0.15, 0.2) is 5.96 Å². The molecule has 0 amide bonds. The maximum Gasteiger partial charge on any atom is 0.208 e. The van der Waals surface area contributed by atoms with Gasteiger partial charge in [0, 0.05) is 33.2 Å². The Bertz CT molecular complexity index is 661. The average Bonchev–Trinajstić information content (AvgIpc) is 2.58. The summed E-state index contributed by atoms with van der Waals surface area (Å²) in [5, 5.41) is 3.34. The van der Waals surface area contributed by atoms with Crippen molar-refractivity contribution in [1.82, 2.24) is 14.9 Å². The topological polar surface area (TPSA) is 73.8 Å². The van der Waals surface area contributed by atoms with Crippen molar-refractivity contribution in [2.75, 3.05) is 39.5 Å². The molecule has 2 atom stereocenters. The van der Waals surface area contributed by atoms with E-state index in [0.717, 1.165) is 31.9 Å². The summed E-state index contributed by atoms with van der Waals surface area (Å²) in [6, 6.07) is 10.7. The summed E-state index contributed by atoms with van der Waals surface area (Å²) in [4.78, 5) is 6.68. The first kappa shape index (κ1) is 19.7. The summed E-state index contributed by atoms with van der Waals surface area (Å²) in [6.07, 6.45) is 3.02. The van der Waals surface area contributed by atoms with Crippen LogP contribution >= 0.6 is 0 Å². The zero-order chi connectivity index (χ0) is 18.3. The number of rotatable bonds is 6. The molecule has 1 fully saturated rings. The largest absolute Gasteiger partial charge is 0.356 e. The van der Waals surface area contributed by atoms with Crippen LogP contribution in [-0.4, -0.2) is 58.8 Å². The van der Waals surface area contributed by atoms with E-state index in [1.165, 1.54) is 11.8 Å². The molecule has 1 saturated heterocycles. The highest BCUT2D eigenvalue weighted by Crippen LogP contribution is 2.32. The maximum atomic E-state index is 11.1. The van der Waals surface area contributed by atoms with Crippen LogP contribution in [0.3, 0.4) is 0 Å². The lowest BCUT2D eigenvalue weighted by Gasteiger charge is -2.39. The third-order valence-electron chi connectivity index (χ3n) is 4.65. The molecule has 0 spiro atoms. The lowest BCUT2D eigenvalue weighted by molar-refractivity contribution is 0.234. The van der Waals surface area contributed by atoms with Crippen molar-refractivity contribution in [3.8, 4) is 0 Å². The summed E-state index contributed by atoms with van der Waals surface area (Å²) >= 11 is 0. The Morgan fingerprint density at radius 3 is 2.60 bits per heavy atom. The van der Waals surface area contributed by atoms with Gasteiger partial charge in [-0.25, -0.2) is 13.1 Å². The molecule has 140 valence electrons. The van der Waals surface area contributed by atoms with Crippen LogP contribution in [0, 0.1) is 5.92 Å². The molecule has 1 aromatic rings. The molecule has 6 nitrogen and oxygen atoms in total. The van der Waals surface area contributed by atoms with Gasteiger partial charge in [-0.3, -0.25) is 4.99 Å². The maximum absolute atomic E-state index is 11.1. The number of nitrogens with one attached hydrogen (secondary N) is 2. The van der Waals surface area contributed by atoms with Gasteiger partial charge in [0.1, 0.15) is 0 Å². The lowest BCUT2D eigenvalue weighted by atomic mass is 9.82. The summed E-state index contributed by atoms with van der Waals surface area (Å²) in [7, 11) is -1.31. The molecular weight excluding hydrogens is 336 g/mol. The van der Waals surface area contributed by atoms with E-state index in [1.807, 2.05) is 0 Å². The van der Waals surface area contributed by atoms with Crippen molar-refractivity contribution in [3.63, 3.8) is 0 Å². The lowest BCUT2D eigenvalue weighted by Crippen LogP contribution is -2.48. The first-order valence-corrected chi connectivity index (χ1v) is 10.7. The molecule has 1 aliphatic rings. The Morgan fingerprint density at radius 2 is 2.00 bits per heavy atom. The number of sulfonamides is 1. The molecule has 1 heterocycles. The molecule has 0 radical (unpaired) electrons. The van der Waals surface area contributed by atoms with E-state index in [0.29, 0.717) is 24.9 Å². The van der Waals surface area contributed by atoms with Gasteiger partial charge in [-0.2, -0.15) is 0 Å². The molecule has 1 aliphatic heterocycles. The third kappa shape index (κ3) is 6.32. The number of piperidine rings is 1. The van der Waals surface area contributed by atoms with E-state index in [-0.39, 0.29) is 0 Å². The summed E-state index contributed by atoms with van der Waals surface area (Å²) in [6.45, 7) is 5.39. The van der Waals surface area contributed by atoms with E-state index in [9.17, 15) is 8.42 Å². The van der Waals surface area contributed by atoms with Crippen molar-refractivity contribution in [2.24, 2.45) is 10.9 Å². The van der Waals surface area contributed by atoms with Crippen LogP contribution in [0.4, 0.5) is 0 Å². The van der Waals surface area contributed by atoms with Crippen LogP contribution in [0.2, 0.25) is 0 Å². The Morgan fingerprint density at radius 1 is 1.28 bits per heavy atom. The van der Waals surface area contributed by atoms with Crippen LogP contribution in [0.1, 0.15) is 31.2 Å². The van der Waals surface area contributed by atoms with E-state index in [1.54, 1.807) is 7.05 Å². The Balaban J connectivity index is 1.81. The summed E-state index contributed by atoms with van der Waals surface area (Å²) in [5.41, 5.74) is 1.42. The summed E-state index contributed by atoms with van der Waals surface area (Å²) in [5.74, 6) is 2.05. The predicted octanol–water partition coefficient (Wildman–Crippen LogP) is 1.63. The van der Waals surface area contributed by atoms with Crippen molar-refractivity contribution in [3.05, 3.63) is 35.9 Å². The molecule has 2 unspecified atom stereocenters. The van der Waals surface area contributed by atoms with Crippen LogP contribution < -0.4 is 10.0 Å². The highest BCUT2D eigenvalue weighted by atomic mass is 32.2. The Labute approximate surface area is 151 Å². The monoisotopic (exact) mass is 366 g/mol. The first-order valence-electron chi connectivity index (χ1n) is 8.86. The fourth-order valence-corrected chi connectivity index (χ4v) is 3.93. The number of hydrogen-bond acceptors (Lipinski definition) is 3. The van der Waals surface area contributed by atoms with Crippen molar-refractivity contribution in [1.29, 1.82) is 0 Å². The predicted molar refractivity (Wildman–Crippen MR) is 103 cm³/mol. The fraction of sp³-hybridized carbons (Fsp3) is 0.611. The number of nitrogens with zero attached hydrogens (tertiary/aromatic N) is 2. The van der Waals surface area contributed by atoms with Crippen molar-refractivity contribution < 1.29 is 8.42 Å². The second-order valence-electron chi connectivity index (χ2n) is 6.72. The molecule has 1 aromatic carbocycles. The second kappa shape index (κ2) is 9.20. The Kier molecular flexibility index (Phi) is 7.25. The summed E-state index contributed by atoms with van der Waals surface area (Å²) < 4.78 is 24.6. The number of aliphatic imine (C=N–C) groups is 1.